The molecule has 0 saturated carbocycles. The topological polar surface area (TPSA) is 64.1 Å². The Kier molecular flexibility index (Phi) is 3.73. The lowest BCUT2D eigenvalue weighted by atomic mass is 10.2. The average molecular weight is 279 g/mol. The molecule has 0 atom stereocenters. The molecular formula is C16H13N3O2. The van der Waals surface area contributed by atoms with Crippen LogP contribution in [-0.2, 0) is 4.79 Å². The molecule has 3 aromatic rings. The minimum atomic E-state index is -0.233. The van der Waals surface area contributed by atoms with E-state index in [-0.39, 0.29) is 12.5 Å². The third kappa shape index (κ3) is 3.14. The number of hydrogen-bond donors (Lipinski definition) is 1. The zero-order valence-corrected chi connectivity index (χ0v) is 11.2. The van der Waals surface area contributed by atoms with Gasteiger partial charge in [0.25, 0.3) is 5.91 Å². The summed E-state index contributed by atoms with van der Waals surface area (Å²) in [7, 11) is 0. The molecule has 0 radical (unpaired) electrons. The second-order valence-corrected chi connectivity index (χ2v) is 4.40. The van der Waals surface area contributed by atoms with Gasteiger partial charge in [-0.15, -0.1) is 0 Å². The van der Waals surface area contributed by atoms with E-state index in [1.54, 1.807) is 0 Å². The van der Waals surface area contributed by atoms with Crippen LogP contribution in [0.5, 0.6) is 5.88 Å². The number of carbonyl (C=O) groups excluding carboxylic acids is 1. The fourth-order valence-electron chi connectivity index (χ4n) is 1.95. The van der Waals surface area contributed by atoms with Gasteiger partial charge >= 0.3 is 0 Å². The van der Waals surface area contributed by atoms with Crippen molar-refractivity contribution >= 4 is 22.5 Å². The van der Waals surface area contributed by atoms with Crippen molar-refractivity contribution in [1.29, 1.82) is 0 Å². The largest absolute Gasteiger partial charge is 0.467 e. The molecule has 2 aromatic carbocycles. The number of aromatic nitrogens is 2. The summed E-state index contributed by atoms with van der Waals surface area (Å²) in [5, 5.41) is 3.54. The first kappa shape index (κ1) is 13.1. The summed E-state index contributed by atoms with van der Waals surface area (Å²) < 4.78 is 5.49. The van der Waals surface area contributed by atoms with Gasteiger partial charge in [0, 0.05) is 5.69 Å². The number of nitrogens with zero attached hydrogens (tertiary/aromatic N) is 2. The lowest BCUT2D eigenvalue weighted by Crippen LogP contribution is -2.20. The van der Waals surface area contributed by atoms with Crippen LogP contribution in [0.4, 0.5) is 5.69 Å². The average Bonchev–Trinajstić information content (AvgIpc) is 2.54. The Morgan fingerprint density at radius 2 is 1.76 bits per heavy atom. The Balaban J connectivity index is 1.68. The monoisotopic (exact) mass is 279 g/mol. The number of benzene rings is 2. The molecule has 0 aliphatic rings. The van der Waals surface area contributed by atoms with Crippen molar-refractivity contribution in [2.75, 3.05) is 11.9 Å². The second-order valence-electron chi connectivity index (χ2n) is 4.40. The van der Waals surface area contributed by atoms with Gasteiger partial charge in [0.1, 0.15) is 6.33 Å². The summed E-state index contributed by atoms with van der Waals surface area (Å²) in [6.45, 7) is -0.101. The van der Waals surface area contributed by atoms with Gasteiger partial charge in [0.15, 0.2) is 6.61 Å². The Morgan fingerprint density at radius 3 is 2.62 bits per heavy atom. The normalized spacial score (nSPS) is 10.3. The lowest BCUT2D eigenvalue weighted by Gasteiger charge is -2.08. The van der Waals surface area contributed by atoms with E-state index in [4.69, 9.17) is 4.74 Å². The maximum Gasteiger partial charge on any atom is 0.262 e. The van der Waals surface area contributed by atoms with E-state index in [2.05, 4.69) is 15.3 Å². The standard InChI is InChI=1S/C16H13N3O2/c20-15(19-12-6-2-1-3-7-12)10-21-16-13-8-4-5-9-14(13)17-11-18-16/h1-9,11H,10H2,(H,19,20). The van der Waals surface area contributed by atoms with Crippen LogP contribution in [0.2, 0.25) is 0 Å². The van der Waals surface area contributed by atoms with Crippen LogP contribution in [-0.4, -0.2) is 22.5 Å². The Morgan fingerprint density at radius 1 is 1.00 bits per heavy atom. The molecule has 21 heavy (non-hydrogen) atoms. The fourth-order valence-corrected chi connectivity index (χ4v) is 1.95. The first-order chi connectivity index (χ1) is 10.3. The van der Waals surface area contributed by atoms with Gasteiger partial charge in [-0.3, -0.25) is 4.79 Å². The quantitative estimate of drug-likeness (QED) is 0.797. The minimum Gasteiger partial charge on any atom is -0.467 e. The van der Waals surface area contributed by atoms with Crippen LogP contribution in [0.25, 0.3) is 10.9 Å². The van der Waals surface area contributed by atoms with E-state index in [1.807, 2.05) is 54.6 Å². The van der Waals surface area contributed by atoms with E-state index >= 15 is 0 Å². The predicted octanol–water partition coefficient (Wildman–Crippen LogP) is 2.65. The predicted molar refractivity (Wildman–Crippen MR) is 80.1 cm³/mol. The van der Waals surface area contributed by atoms with Crippen molar-refractivity contribution in [2.45, 2.75) is 0 Å². The summed E-state index contributed by atoms with van der Waals surface area (Å²) in [6.07, 6.45) is 1.42. The molecule has 0 fully saturated rings. The molecule has 0 aliphatic heterocycles. The fraction of sp³-hybridized carbons (Fsp3) is 0.0625. The molecular weight excluding hydrogens is 266 g/mol. The van der Waals surface area contributed by atoms with E-state index in [9.17, 15) is 4.79 Å². The molecule has 1 amide bonds. The highest BCUT2D eigenvalue weighted by molar-refractivity contribution is 5.92. The highest BCUT2D eigenvalue weighted by Crippen LogP contribution is 2.20. The van der Waals surface area contributed by atoms with E-state index in [0.717, 1.165) is 16.6 Å². The number of para-hydroxylation sites is 2. The SMILES string of the molecule is O=C(COc1ncnc2ccccc12)Nc1ccccc1. The van der Waals surface area contributed by atoms with Crippen LogP contribution in [0, 0.1) is 0 Å². The van der Waals surface area contributed by atoms with Gasteiger partial charge in [-0.1, -0.05) is 30.3 Å². The number of rotatable bonds is 4. The maximum atomic E-state index is 11.8. The minimum absolute atomic E-state index is 0.101. The summed E-state index contributed by atoms with van der Waals surface area (Å²) in [5.74, 6) is 0.174. The molecule has 0 spiro atoms. The van der Waals surface area contributed by atoms with Gasteiger partial charge < -0.3 is 10.1 Å². The molecule has 1 heterocycles. The van der Waals surface area contributed by atoms with Gasteiger partial charge in [-0.05, 0) is 24.3 Å². The van der Waals surface area contributed by atoms with Crippen molar-refractivity contribution in [3.8, 4) is 5.88 Å². The number of carbonyl (C=O) groups is 1. The van der Waals surface area contributed by atoms with Crippen LogP contribution in [0.15, 0.2) is 60.9 Å². The van der Waals surface area contributed by atoms with E-state index in [0.29, 0.717) is 5.88 Å². The molecule has 1 N–H and O–H groups in total. The second kappa shape index (κ2) is 6.00. The van der Waals surface area contributed by atoms with Crippen LogP contribution in [0.3, 0.4) is 0 Å². The highest BCUT2D eigenvalue weighted by Gasteiger charge is 2.07. The third-order valence-corrected chi connectivity index (χ3v) is 2.90. The number of ether oxygens (including phenoxy) is 1. The number of anilines is 1. The zero-order valence-electron chi connectivity index (χ0n) is 11.2. The molecule has 0 bridgehead atoms. The van der Waals surface area contributed by atoms with Crippen molar-refractivity contribution in [2.24, 2.45) is 0 Å². The smallest absolute Gasteiger partial charge is 0.262 e. The number of fused-ring (bicyclic) bond motifs is 1. The van der Waals surface area contributed by atoms with Crippen molar-refractivity contribution in [1.82, 2.24) is 9.97 Å². The molecule has 0 saturated heterocycles. The van der Waals surface area contributed by atoms with Gasteiger partial charge in [0.2, 0.25) is 5.88 Å². The number of amides is 1. The van der Waals surface area contributed by atoms with Crippen LogP contribution >= 0.6 is 0 Å². The summed E-state index contributed by atoms with van der Waals surface area (Å²) >= 11 is 0. The Bertz CT molecular complexity index is 754. The third-order valence-electron chi connectivity index (χ3n) is 2.90. The Labute approximate surface area is 121 Å². The first-order valence-corrected chi connectivity index (χ1v) is 6.50. The molecule has 0 aliphatic carbocycles. The molecule has 1 aromatic heterocycles. The van der Waals surface area contributed by atoms with Crippen LogP contribution in [0.1, 0.15) is 0 Å². The highest BCUT2D eigenvalue weighted by atomic mass is 16.5. The lowest BCUT2D eigenvalue weighted by molar-refractivity contribution is -0.118. The number of hydrogen-bond acceptors (Lipinski definition) is 4. The Hall–Kier alpha value is -2.95. The van der Waals surface area contributed by atoms with Gasteiger partial charge in [-0.25, -0.2) is 9.97 Å². The molecule has 5 heteroatoms. The number of nitrogens with one attached hydrogen (secondary N) is 1. The van der Waals surface area contributed by atoms with Crippen molar-refractivity contribution in [3.05, 3.63) is 60.9 Å². The van der Waals surface area contributed by atoms with Crippen molar-refractivity contribution < 1.29 is 9.53 Å². The van der Waals surface area contributed by atoms with Crippen molar-refractivity contribution in [3.63, 3.8) is 0 Å². The maximum absolute atomic E-state index is 11.8. The molecule has 5 nitrogen and oxygen atoms in total. The van der Waals surface area contributed by atoms with Gasteiger partial charge in [0.05, 0.1) is 10.9 Å². The first-order valence-electron chi connectivity index (χ1n) is 6.50. The van der Waals surface area contributed by atoms with E-state index < -0.39 is 0 Å². The van der Waals surface area contributed by atoms with Gasteiger partial charge in [-0.2, -0.15) is 0 Å². The molecule has 3 rings (SSSR count). The van der Waals surface area contributed by atoms with E-state index in [1.165, 1.54) is 6.33 Å². The molecule has 104 valence electrons. The summed E-state index contributed by atoms with van der Waals surface area (Å²) in [4.78, 5) is 20.1. The zero-order chi connectivity index (χ0) is 14.5. The molecule has 0 unspecified atom stereocenters. The van der Waals surface area contributed by atoms with Crippen LogP contribution < -0.4 is 10.1 Å². The summed E-state index contributed by atoms with van der Waals surface area (Å²) in [6, 6.07) is 16.7. The summed E-state index contributed by atoms with van der Waals surface area (Å²) in [5.41, 5.74) is 1.52.